The first-order valence-electron chi connectivity index (χ1n) is 6.34. The molecule has 0 bridgehead atoms. The normalized spacial score (nSPS) is 13.1. The smallest absolute Gasteiger partial charge is 0.325 e. The van der Waals surface area contributed by atoms with E-state index in [-0.39, 0.29) is 6.42 Å². The lowest BCUT2D eigenvalue weighted by Crippen LogP contribution is -2.51. The van der Waals surface area contributed by atoms with E-state index in [4.69, 9.17) is 5.11 Å². The molecule has 7 heteroatoms. The summed E-state index contributed by atoms with van der Waals surface area (Å²) in [5, 5.41) is 13.5. The monoisotopic (exact) mass is 296 g/mol. The standard InChI is InChI=1S/C14H17FN2O4/c1-8(14(20)21)16-13(19)12(17-9(2)18)7-10-3-5-11(15)6-4-10/h3-6,8,12H,7H2,1-2H3,(H,16,19)(H,17,18)(H,20,21)/t8-,12+/m1/s1. The molecule has 0 radical (unpaired) electrons. The summed E-state index contributed by atoms with van der Waals surface area (Å²) >= 11 is 0. The summed E-state index contributed by atoms with van der Waals surface area (Å²) in [6, 6.07) is 3.50. The average Bonchev–Trinajstić information content (AvgIpc) is 2.39. The average molecular weight is 296 g/mol. The fraction of sp³-hybridized carbons (Fsp3) is 0.357. The van der Waals surface area contributed by atoms with Crippen molar-refractivity contribution in [1.82, 2.24) is 10.6 Å². The van der Waals surface area contributed by atoms with E-state index in [2.05, 4.69) is 10.6 Å². The van der Waals surface area contributed by atoms with Crippen LogP contribution in [0.25, 0.3) is 0 Å². The van der Waals surface area contributed by atoms with Crippen LogP contribution < -0.4 is 10.6 Å². The number of carbonyl (C=O) groups is 3. The number of carboxylic acid groups (broad SMARTS) is 1. The van der Waals surface area contributed by atoms with Crippen molar-refractivity contribution in [1.29, 1.82) is 0 Å². The minimum Gasteiger partial charge on any atom is -0.480 e. The highest BCUT2D eigenvalue weighted by Crippen LogP contribution is 2.06. The molecule has 0 aliphatic heterocycles. The zero-order valence-corrected chi connectivity index (χ0v) is 11.7. The van der Waals surface area contributed by atoms with Crippen molar-refractivity contribution in [3.8, 4) is 0 Å². The van der Waals surface area contributed by atoms with Crippen molar-refractivity contribution in [2.24, 2.45) is 0 Å². The van der Waals surface area contributed by atoms with Crippen LogP contribution in [0.1, 0.15) is 19.4 Å². The fourth-order valence-corrected chi connectivity index (χ4v) is 1.69. The number of aliphatic carboxylic acids is 1. The highest BCUT2D eigenvalue weighted by atomic mass is 19.1. The molecule has 1 aromatic rings. The quantitative estimate of drug-likeness (QED) is 0.711. The maximum atomic E-state index is 12.8. The lowest BCUT2D eigenvalue weighted by molar-refractivity contribution is -0.141. The van der Waals surface area contributed by atoms with Gasteiger partial charge in [-0.05, 0) is 24.6 Å². The first kappa shape index (κ1) is 16.6. The molecule has 21 heavy (non-hydrogen) atoms. The van der Waals surface area contributed by atoms with Crippen LogP contribution >= 0.6 is 0 Å². The number of halogens is 1. The first-order valence-corrected chi connectivity index (χ1v) is 6.34. The summed E-state index contributed by atoms with van der Waals surface area (Å²) in [4.78, 5) is 33.9. The lowest BCUT2D eigenvalue weighted by Gasteiger charge is -2.19. The third-order valence-corrected chi connectivity index (χ3v) is 2.78. The second-order valence-corrected chi connectivity index (χ2v) is 4.65. The first-order chi connectivity index (χ1) is 9.79. The maximum Gasteiger partial charge on any atom is 0.325 e. The van der Waals surface area contributed by atoms with Crippen molar-refractivity contribution in [3.05, 3.63) is 35.6 Å². The minimum atomic E-state index is -1.17. The minimum absolute atomic E-state index is 0.137. The van der Waals surface area contributed by atoms with Crippen molar-refractivity contribution in [2.45, 2.75) is 32.4 Å². The van der Waals surface area contributed by atoms with E-state index in [0.29, 0.717) is 5.56 Å². The third-order valence-electron chi connectivity index (χ3n) is 2.78. The van der Waals surface area contributed by atoms with E-state index < -0.39 is 35.7 Å². The van der Waals surface area contributed by atoms with Crippen LogP contribution in [-0.2, 0) is 20.8 Å². The van der Waals surface area contributed by atoms with Gasteiger partial charge in [0.25, 0.3) is 0 Å². The number of rotatable bonds is 6. The van der Waals surface area contributed by atoms with Crippen LogP contribution in [0.5, 0.6) is 0 Å². The second-order valence-electron chi connectivity index (χ2n) is 4.65. The Labute approximate surface area is 121 Å². The van der Waals surface area contributed by atoms with Crippen molar-refractivity contribution in [2.75, 3.05) is 0 Å². The Morgan fingerprint density at radius 1 is 1.19 bits per heavy atom. The zero-order valence-electron chi connectivity index (χ0n) is 11.7. The predicted molar refractivity (Wildman–Crippen MR) is 72.9 cm³/mol. The highest BCUT2D eigenvalue weighted by Gasteiger charge is 2.23. The predicted octanol–water partition coefficient (Wildman–Crippen LogP) is 0.462. The van der Waals surface area contributed by atoms with E-state index in [1.165, 1.54) is 38.1 Å². The number of amides is 2. The Kier molecular flexibility index (Phi) is 5.83. The molecule has 6 nitrogen and oxygen atoms in total. The van der Waals surface area contributed by atoms with Gasteiger partial charge in [-0.25, -0.2) is 4.39 Å². The zero-order chi connectivity index (χ0) is 16.0. The van der Waals surface area contributed by atoms with Gasteiger partial charge in [-0.3, -0.25) is 14.4 Å². The Morgan fingerprint density at radius 2 is 1.76 bits per heavy atom. The molecular weight excluding hydrogens is 279 g/mol. The number of carboxylic acids is 1. The van der Waals surface area contributed by atoms with E-state index in [9.17, 15) is 18.8 Å². The summed E-state index contributed by atoms with van der Waals surface area (Å²) in [7, 11) is 0. The van der Waals surface area contributed by atoms with Crippen LogP contribution in [0.15, 0.2) is 24.3 Å². The van der Waals surface area contributed by atoms with Crippen LogP contribution in [0.2, 0.25) is 0 Å². The van der Waals surface area contributed by atoms with Gasteiger partial charge in [-0.1, -0.05) is 12.1 Å². The fourth-order valence-electron chi connectivity index (χ4n) is 1.69. The van der Waals surface area contributed by atoms with Gasteiger partial charge in [0.1, 0.15) is 17.9 Å². The Hall–Kier alpha value is -2.44. The van der Waals surface area contributed by atoms with E-state index >= 15 is 0 Å². The molecular formula is C14H17FN2O4. The van der Waals surface area contributed by atoms with Gasteiger partial charge >= 0.3 is 5.97 Å². The Bertz CT molecular complexity index is 530. The van der Waals surface area contributed by atoms with Gasteiger partial charge in [-0.15, -0.1) is 0 Å². The summed E-state index contributed by atoms with van der Waals surface area (Å²) in [5.41, 5.74) is 0.647. The molecule has 0 heterocycles. The number of nitrogens with one attached hydrogen (secondary N) is 2. The van der Waals surface area contributed by atoms with Crippen LogP contribution in [-0.4, -0.2) is 35.0 Å². The molecule has 0 saturated heterocycles. The SMILES string of the molecule is CC(=O)N[C@@H](Cc1ccc(F)cc1)C(=O)N[C@H](C)C(=O)O. The van der Waals surface area contributed by atoms with Gasteiger partial charge < -0.3 is 15.7 Å². The molecule has 0 aromatic heterocycles. The number of hydrogen-bond acceptors (Lipinski definition) is 3. The second kappa shape index (κ2) is 7.37. The number of hydrogen-bond donors (Lipinski definition) is 3. The Balaban J connectivity index is 2.79. The van der Waals surface area contributed by atoms with Gasteiger partial charge in [0, 0.05) is 13.3 Å². The molecule has 114 valence electrons. The summed E-state index contributed by atoms with van der Waals surface area (Å²) in [6.45, 7) is 2.58. The van der Waals surface area contributed by atoms with E-state index in [1.54, 1.807) is 0 Å². The van der Waals surface area contributed by atoms with Crippen LogP contribution in [0.3, 0.4) is 0 Å². The van der Waals surface area contributed by atoms with Gasteiger partial charge in [0.15, 0.2) is 0 Å². The lowest BCUT2D eigenvalue weighted by atomic mass is 10.0. The number of benzene rings is 1. The molecule has 1 rings (SSSR count). The molecule has 0 saturated carbocycles. The van der Waals surface area contributed by atoms with Crippen molar-refractivity contribution < 1.29 is 23.9 Å². The van der Waals surface area contributed by atoms with Crippen LogP contribution in [0, 0.1) is 5.82 Å². The molecule has 1 aromatic carbocycles. The third kappa shape index (κ3) is 5.60. The largest absolute Gasteiger partial charge is 0.480 e. The van der Waals surface area contributed by atoms with E-state index in [0.717, 1.165) is 0 Å². The van der Waals surface area contributed by atoms with Crippen LogP contribution in [0.4, 0.5) is 4.39 Å². The molecule has 2 amide bonds. The molecule has 0 spiro atoms. The molecule has 0 fully saturated rings. The van der Waals surface area contributed by atoms with Gasteiger partial charge in [0.05, 0.1) is 0 Å². The number of carbonyl (C=O) groups excluding carboxylic acids is 2. The van der Waals surface area contributed by atoms with Gasteiger partial charge in [0.2, 0.25) is 11.8 Å². The molecule has 0 aliphatic rings. The summed E-state index contributed by atoms with van der Waals surface area (Å²) in [6.07, 6.45) is 0.137. The van der Waals surface area contributed by atoms with Gasteiger partial charge in [-0.2, -0.15) is 0 Å². The molecule has 3 N–H and O–H groups in total. The molecule has 2 atom stereocenters. The molecule has 0 aliphatic carbocycles. The Morgan fingerprint density at radius 3 is 2.24 bits per heavy atom. The maximum absolute atomic E-state index is 12.8. The summed E-state index contributed by atoms with van der Waals surface area (Å²) in [5.74, 6) is -2.60. The van der Waals surface area contributed by atoms with Crippen molar-refractivity contribution >= 4 is 17.8 Å². The summed E-state index contributed by atoms with van der Waals surface area (Å²) < 4.78 is 12.8. The topological polar surface area (TPSA) is 95.5 Å². The van der Waals surface area contributed by atoms with E-state index in [1.807, 2.05) is 0 Å². The highest BCUT2D eigenvalue weighted by molar-refractivity contribution is 5.90. The molecule has 0 unspecified atom stereocenters. The van der Waals surface area contributed by atoms with Crippen molar-refractivity contribution in [3.63, 3.8) is 0 Å².